The van der Waals surface area contributed by atoms with Gasteiger partial charge >= 0.3 is 0 Å². The molecule has 7 heteroatoms. The number of piperazine rings is 1. The Morgan fingerprint density at radius 3 is 2.32 bits per heavy atom. The summed E-state index contributed by atoms with van der Waals surface area (Å²) in [6.07, 6.45) is 4.85. The van der Waals surface area contributed by atoms with E-state index in [-0.39, 0.29) is 11.8 Å². The van der Waals surface area contributed by atoms with Crippen molar-refractivity contribution >= 4 is 11.8 Å². The number of aryl methyl sites for hydroxylation is 1. The van der Waals surface area contributed by atoms with Crippen LogP contribution in [0.25, 0.3) is 0 Å². The van der Waals surface area contributed by atoms with Crippen LogP contribution < -0.4 is 4.74 Å². The van der Waals surface area contributed by atoms with Crippen LogP contribution in [0, 0.1) is 0 Å². The van der Waals surface area contributed by atoms with Crippen LogP contribution in [0.1, 0.15) is 52.5 Å². The first-order valence-corrected chi connectivity index (χ1v) is 9.87. The van der Waals surface area contributed by atoms with Gasteiger partial charge in [-0.05, 0) is 44.0 Å². The van der Waals surface area contributed by atoms with Crippen LogP contribution in [0.4, 0.5) is 0 Å². The molecule has 1 fully saturated rings. The topological polar surface area (TPSA) is 67.7 Å². The zero-order valence-electron chi connectivity index (χ0n) is 16.4. The van der Waals surface area contributed by atoms with Crippen molar-refractivity contribution in [1.29, 1.82) is 0 Å². The van der Waals surface area contributed by atoms with Gasteiger partial charge in [0, 0.05) is 44.2 Å². The molecule has 2 amide bonds. The summed E-state index contributed by atoms with van der Waals surface area (Å²) in [4.78, 5) is 33.9. The summed E-state index contributed by atoms with van der Waals surface area (Å²) >= 11 is 0. The van der Waals surface area contributed by atoms with E-state index in [1.165, 1.54) is 0 Å². The molecule has 1 atom stereocenters. The number of aromatic nitrogens is 2. The van der Waals surface area contributed by atoms with Gasteiger partial charge in [0.25, 0.3) is 11.8 Å². The Hall–Kier alpha value is -2.83. The number of hydrogen-bond acceptors (Lipinski definition) is 4. The largest absolute Gasteiger partial charge is 0.497 e. The number of imidazole rings is 1. The smallest absolute Gasteiger partial charge is 0.272 e. The first-order chi connectivity index (χ1) is 13.6. The van der Waals surface area contributed by atoms with Crippen molar-refractivity contribution < 1.29 is 14.3 Å². The lowest BCUT2D eigenvalue weighted by Gasteiger charge is -2.35. The fraction of sp³-hybridized carbons (Fsp3) is 0.476. The van der Waals surface area contributed by atoms with Gasteiger partial charge in [-0.1, -0.05) is 0 Å². The van der Waals surface area contributed by atoms with Crippen molar-refractivity contribution in [1.82, 2.24) is 19.4 Å². The van der Waals surface area contributed by atoms with E-state index in [4.69, 9.17) is 4.74 Å². The summed E-state index contributed by atoms with van der Waals surface area (Å²) in [7, 11) is 1.60. The maximum absolute atomic E-state index is 13.0. The predicted octanol–water partition coefficient (Wildman–Crippen LogP) is 2.39. The van der Waals surface area contributed by atoms with Gasteiger partial charge in [0.1, 0.15) is 17.3 Å². The van der Waals surface area contributed by atoms with Crippen LogP contribution in [0.3, 0.4) is 0 Å². The number of ether oxygens (including phenoxy) is 1. The minimum atomic E-state index is -0.00916. The number of carbonyl (C=O) groups is 2. The Morgan fingerprint density at radius 2 is 1.68 bits per heavy atom. The summed E-state index contributed by atoms with van der Waals surface area (Å²) in [5.41, 5.74) is 1.32. The fourth-order valence-corrected chi connectivity index (χ4v) is 4.11. The second-order valence-electron chi connectivity index (χ2n) is 7.48. The van der Waals surface area contributed by atoms with Crippen molar-refractivity contribution in [2.45, 2.75) is 32.2 Å². The molecule has 1 saturated heterocycles. The first-order valence-electron chi connectivity index (χ1n) is 9.87. The summed E-state index contributed by atoms with van der Waals surface area (Å²) in [5, 5.41) is 0. The molecule has 2 aromatic rings. The Bertz CT molecular complexity index is 866. The molecule has 4 rings (SSSR count). The second kappa shape index (κ2) is 7.66. The van der Waals surface area contributed by atoms with Crippen molar-refractivity contribution in [2.75, 3.05) is 33.3 Å². The molecule has 7 nitrogen and oxygen atoms in total. The quantitative estimate of drug-likeness (QED) is 0.817. The standard InChI is InChI=1S/C21H26N4O3/c1-15-4-3-5-19-22-14-18(25(15)19)21(27)24-12-10-23(11-13-24)20(26)16-6-8-17(28-2)9-7-16/h6-9,14-15H,3-5,10-13H2,1-2H3. The molecule has 1 unspecified atom stereocenters. The van der Waals surface area contributed by atoms with Crippen LogP contribution in [-0.2, 0) is 6.42 Å². The lowest BCUT2D eigenvalue weighted by atomic mass is 10.1. The van der Waals surface area contributed by atoms with Crippen LogP contribution in [0.5, 0.6) is 5.75 Å². The average molecular weight is 382 g/mol. The zero-order valence-corrected chi connectivity index (χ0v) is 16.4. The minimum Gasteiger partial charge on any atom is -0.497 e. The van der Waals surface area contributed by atoms with E-state index in [2.05, 4.69) is 16.5 Å². The van der Waals surface area contributed by atoms with Crippen LogP contribution >= 0.6 is 0 Å². The van der Waals surface area contributed by atoms with Gasteiger partial charge in [0.2, 0.25) is 0 Å². The summed E-state index contributed by atoms with van der Waals surface area (Å²) in [6.45, 7) is 4.29. The maximum Gasteiger partial charge on any atom is 0.272 e. The van der Waals surface area contributed by atoms with Crippen molar-refractivity contribution in [3.8, 4) is 5.75 Å². The third kappa shape index (κ3) is 3.37. The van der Waals surface area contributed by atoms with E-state index in [1.54, 1.807) is 42.5 Å². The number of benzene rings is 1. The molecule has 0 bridgehead atoms. The molecular weight excluding hydrogens is 356 g/mol. The van der Waals surface area contributed by atoms with Gasteiger partial charge in [0.15, 0.2) is 0 Å². The average Bonchev–Trinajstić information content (AvgIpc) is 3.18. The predicted molar refractivity (Wildman–Crippen MR) is 105 cm³/mol. The van der Waals surface area contributed by atoms with Gasteiger partial charge in [-0.25, -0.2) is 4.98 Å². The Morgan fingerprint density at radius 1 is 1.04 bits per heavy atom. The third-order valence-electron chi connectivity index (χ3n) is 5.75. The highest BCUT2D eigenvalue weighted by molar-refractivity contribution is 5.95. The number of nitrogens with zero attached hydrogens (tertiary/aromatic N) is 4. The lowest BCUT2D eigenvalue weighted by molar-refractivity contribution is 0.0527. The first kappa shape index (κ1) is 18.5. The Labute approximate surface area is 164 Å². The summed E-state index contributed by atoms with van der Waals surface area (Å²) in [5.74, 6) is 1.75. The highest BCUT2D eigenvalue weighted by atomic mass is 16.5. The van der Waals surface area contributed by atoms with E-state index in [0.717, 1.165) is 30.8 Å². The molecule has 0 radical (unpaired) electrons. The van der Waals surface area contributed by atoms with Crippen molar-refractivity contribution in [3.63, 3.8) is 0 Å². The van der Waals surface area contributed by atoms with Gasteiger partial charge in [-0.2, -0.15) is 0 Å². The summed E-state index contributed by atoms with van der Waals surface area (Å²) in [6, 6.07) is 7.44. The van der Waals surface area contributed by atoms with Crippen LogP contribution in [0.15, 0.2) is 30.5 Å². The van der Waals surface area contributed by atoms with Crippen LogP contribution in [-0.4, -0.2) is 64.5 Å². The van der Waals surface area contributed by atoms with Gasteiger partial charge in [0.05, 0.1) is 13.3 Å². The number of methoxy groups -OCH3 is 1. The molecular formula is C21H26N4O3. The monoisotopic (exact) mass is 382 g/mol. The molecule has 148 valence electrons. The summed E-state index contributed by atoms with van der Waals surface area (Å²) < 4.78 is 7.24. The van der Waals surface area contributed by atoms with Gasteiger partial charge in [-0.15, -0.1) is 0 Å². The number of fused-ring (bicyclic) bond motifs is 1. The molecule has 0 saturated carbocycles. The van der Waals surface area contributed by atoms with E-state index in [0.29, 0.717) is 43.5 Å². The maximum atomic E-state index is 13.0. The molecule has 0 N–H and O–H groups in total. The fourth-order valence-electron chi connectivity index (χ4n) is 4.11. The lowest BCUT2D eigenvalue weighted by Crippen LogP contribution is -2.51. The van der Waals surface area contributed by atoms with E-state index < -0.39 is 0 Å². The zero-order chi connectivity index (χ0) is 19.7. The molecule has 3 heterocycles. The second-order valence-corrected chi connectivity index (χ2v) is 7.48. The van der Waals surface area contributed by atoms with E-state index in [1.807, 2.05) is 4.90 Å². The Kier molecular flexibility index (Phi) is 5.07. The molecule has 1 aromatic heterocycles. The van der Waals surface area contributed by atoms with Crippen molar-refractivity contribution in [2.24, 2.45) is 0 Å². The molecule has 28 heavy (non-hydrogen) atoms. The molecule has 0 spiro atoms. The number of amides is 2. The number of carbonyl (C=O) groups excluding carboxylic acids is 2. The van der Waals surface area contributed by atoms with Crippen molar-refractivity contribution in [3.05, 3.63) is 47.5 Å². The Balaban J connectivity index is 1.41. The number of rotatable bonds is 3. The van der Waals surface area contributed by atoms with Gasteiger partial charge < -0.3 is 19.1 Å². The minimum absolute atomic E-state index is 0.00916. The SMILES string of the molecule is COc1ccc(C(=O)N2CCN(C(=O)c3cnc4n3C(C)CCC4)CC2)cc1. The molecule has 2 aliphatic rings. The van der Waals surface area contributed by atoms with Gasteiger partial charge in [-0.3, -0.25) is 9.59 Å². The molecule has 2 aliphatic heterocycles. The van der Waals surface area contributed by atoms with Crippen LogP contribution in [0.2, 0.25) is 0 Å². The number of hydrogen-bond donors (Lipinski definition) is 0. The van der Waals surface area contributed by atoms with E-state index >= 15 is 0 Å². The molecule has 0 aliphatic carbocycles. The third-order valence-corrected chi connectivity index (χ3v) is 5.75. The highest BCUT2D eigenvalue weighted by Gasteiger charge is 2.30. The normalized spacial score (nSPS) is 19.3. The molecule has 1 aromatic carbocycles. The highest BCUT2D eigenvalue weighted by Crippen LogP contribution is 2.26. The van der Waals surface area contributed by atoms with E-state index in [9.17, 15) is 9.59 Å².